The Bertz CT molecular complexity index is 408. The Morgan fingerprint density at radius 2 is 2.18 bits per heavy atom. The van der Waals surface area contributed by atoms with Gasteiger partial charge in [-0.2, -0.15) is 0 Å². The lowest BCUT2D eigenvalue weighted by atomic mass is 10.4. The first-order valence-electron chi connectivity index (χ1n) is 5.02. The molecule has 0 atom stereocenters. The number of nitrogens with one attached hydrogen (secondary N) is 2. The molecule has 7 nitrogen and oxygen atoms in total. The van der Waals surface area contributed by atoms with Crippen LogP contribution in [0.5, 0.6) is 0 Å². The molecule has 0 aliphatic carbocycles. The van der Waals surface area contributed by atoms with Gasteiger partial charge < -0.3 is 15.4 Å². The molecule has 0 aromatic carbocycles. The number of anilines is 1. The fourth-order valence-corrected chi connectivity index (χ4v) is 1.08. The van der Waals surface area contributed by atoms with Crippen LogP contribution < -0.4 is 10.6 Å². The van der Waals surface area contributed by atoms with Crippen LogP contribution in [0.25, 0.3) is 0 Å². The molecule has 0 unspecified atom stereocenters. The number of rotatable bonds is 5. The van der Waals surface area contributed by atoms with E-state index in [1.165, 1.54) is 19.5 Å². The first kappa shape index (κ1) is 12.9. The van der Waals surface area contributed by atoms with E-state index in [-0.39, 0.29) is 11.6 Å². The maximum absolute atomic E-state index is 11.2. The summed E-state index contributed by atoms with van der Waals surface area (Å²) in [5.41, 5.74) is 0.123. The van der Waals surface area contributed by atoms with Crippen LogP contribution in [-0.4, -0.2) is 42.5 Å². The van der Waals surface area contributed by atoms with Gasteiger partial charge in [-0.25, -0.2) is 9.78 Å². The summed E-state index contributed by atoms with van der Waals surface area (Å²) in [6.07, 6.45) is 3.10. The van der Waals surface area contributed by atoms with Gasteiger partial charge in [-0.15, -0.1) is 0 Å². The average molecular weight is 238 g/mol. The first-order chi connectivity index (χ1) is 8.17. The Morgan fingerprint density at radius 3 is 2.82 bits per heavy atom. The van der Waals surface area contributed by atoms with Gasteiger partial charge in [0.2, 0.25) is 5.91 Å². The van der Waals surface area contributed by atoms with Crippen molar-refractivity contribution in [3.63, 3.8) is 0 Å². The van der Waals surface area contributed by atoms with E-state index in [1.54, 1.807) is 7.05 Å². The van der Waals surface area contributed by atoms with E-state index >= 15 is 0 Å². The Balaban J connectivity index is 2.54. The summed E-state index contributed by atoms with van der Waals surface area (Å²) in [6, 6.07) is 0. The van der Waals surface area contributed by atoms with Gasteiger partial charge in [-0.3, -0.25) is 9.78 Å². The van der Waals surface area contributed by atoms with Crippen LogP contribution in [-0.2, 0) is 9.53 Å². The van der Waals surface area contributed by atoms with Crippen molar-refractivity contribution in [3.05, 3.63) is 18.1 Å². The third-order valence-electron chi connectivity index (χ3n) is 1.97. The van der Waals surface area contributed by atoms with Crippen molar-refractivity contribution >= 4 is 17.7 Å². The highest BCUT2D eigenvalue weighted by Gasteiger charge is 2.08. The largest absolute Gasteiger partial charge is 0.464 e. The van der Waals surface area contributed by atoms with Crippen LogP contribution in [0.1, 0.15) is 16.9 Å². The summed E-state index contributed by atoms with van der Waals surface area (Å²) in [5, 5.41) is 5.39. The maximum Gasteiger partial charge on any atom is 0.358 e. The molecule has 0 saturated carbocycles. The normalized spacial score (nSPS) is 9.53. The van der Waals surface area contributed by atoms with Gasteiger partial charge in [0.15, 0.2) is 5.69 Å². The number of amides is 1. The molecule has 92 valence electrons. The van der Waals surface area contributed by atoms with Gasteiger partial charge in [-0.1, -0.05) is 0 Å². The van der Waals surface area contributed by atoms with Crippen LogP contribution in [0, 0.1) is 0 Å². The zero-order valence-electron chi connectivity index (χ0n) is 9.69. The monoisotopic (exact) mass is 238 g/mol. The number of carbonyl (C=O) groups is 2. The van der Waals surface area contributed by atoms with Crippen molar-refractivity contribution in [1.82, 2.24) is 15.3 Å². The molecule has 1 aromatic heterocycles. The number of aromatic nitrogens is 2. The molecule has 1 rings (SSSR count). The van der Waals surface area contributed by atoms with E-state index in [9.17, 15) is 9.59 Å². The minimum atomic E-state index is -0.549. The summed E-state index contributed by atoms with van der Waals surface area (Å²) in [5.74, 6) is -0.196. The quantitative estimate of drug-likeness (QED) is 0.691. The molecule has 0 radical (unpaired) electrons. The van der Waals surface area contributed by atoms with Crippen molar-refractivity contribution in [2.45, 2.75) is 6.42 Å². The van der Waals surface area contributed by atoms with E-state index in [4.69, 9.17) is 0 Å². The minimum Gasteiger partial charge on any atom is -0.464 e. The third kappa shape index (κ3) is 4.06. The Hall–Kier alpha value is -2.18. The highest BCUT2D eigenvalue weighted by molar-refractivity contribution is 5.87. The van der Waals surface area contributed by atoms with Gasteiger partial charge in [0.05, 0.1) is 19.5 Å². The maximum atomic E-state index is 11.2. The van der Waals surface area contributed by atoms with Gasteiger partial charge in [-0.05, 0) is 0 Å². The van der Waals surface area contributed by atoms with Gasteiger partial charge >= 0.3 is 5.97 Å². The van der Waals surface area contributed by atoms with Crippen LogP contribution in [0.2, 0.25) is 0 Å². The molecule has 1 aromatic rings. The molecule has 0 aliphatic heterocycles. The summed E-state index contributed by atoms with van der Waals surface area (Å²) >= 11 is 0. The summed E-state index contributed by atoms with van der Waals surface area (Å²) in [6.45, 7) is 0.416. The smallest absolute Gasteiger partial charge is 0.358 e. The zero-order valence-corrected chi connectivity index (χ0v) is 9.69. The fourth-order valence-electron chi connectivity index (χ4n) is 1.08. The van der Waals surface area contributed by atoms with Crippen LogP contribution in [0.15, 0.2) is 12.4 Å². The number of carbonyl (C=O) groups excluding carboxylic acids is 2. The topological polar surface area (TPSA) is 93.2 Å². The Kier molecular flexibility index (Phi) is 4.86. The highest BCUT2D eigenvalue weighted by atomic mass is 16.5. The number of esters is 1. The molecule has 1 heterocycles. The molecule has 0 bridgehead atoms. The lowest BCUT2D eigenvalue weighted by Crippen LogP contribution is -2.21. The summed E-state index contributed by atoms with van der Waals surface area (Å²) in [4.78, 5) is 30.0. The molecule has 17 heavy (non-hydrogen) atoms. The summed E-state index contributed by atoms with van der Waals surface area (Å²) in [7, 11) is 2.84. The number of hydrogen-bond acceptors (Lipinski definition) is 6. The predicted molar refractivity (Wildman–Crippen MR) is 60.5 cm³/mol. The molecule has 0 aliphatic rings. The molecule has 0 spiro atoms. The molecular weight excluding hydrogens is 224 g/mol. The van der Waals surface area contributed by atoms with Crippen molar-refractivity contribution in [3.8, 4) is 0 Å². The van der Waals surface area contributed by atoms with E-state index < -0.39 is 5.97 Å². The molecule has 0 saturated heterocycles. The number of ether oxygens (including phenoxy) is 1. The van der Waals surface area contributed by atoms with Crippen LogP contribution in [0.3, 0.4) is 0 Å². The third-order valence-corrected chi connectivity index (χ3v) is 1.97. The molecule has 2 N–H and O–H groups in total. The molecule has 0 fully saturated rings. The standard InChI is InChI=1S/C10H14N4O3/c1-11-9(15)3-4-13-8-6-12-5-7(14-8)10(16)17-2/h5-6H,3-4H2,1-2H3,(H,11,15)(H,13,14). The second-order valence-corrected chi connectivity index (χ2v) is 3.13. The number of hydrogen-bond donors (Lipinski definition) is 2. The Morgan fingerprint density at radius 1 is 1.41 bits per heavy atom. The zero-order chi connectivity index (χ0) is 12.7. The average Bonchev–Trinajstić information content (AvgIpc) is 2.38. The van der Waals surface area contributed by atoms with Crippen molar-refractivity contribution in [1.29, 1.82) is 0 Å². The highest BCUT2D eigenvalue weighted by Crippen LogP contribution is 2.03. The van der Waals surface area contributed by atoms with Crippen molar-refractivity contribution < 1.29 is 14.3 Å². The van der Waals surface area contributed by atoms with Gasteiger partial charge in [0.1, 0.15) is 5.82 Å². The SMILES string of the molecule is CNC(=O)CCNc1cncc(C(=O)OC)n1. The minimum absolute atomic E-state index is 0.0745. The molecule has 1 amide bonds. The van der Waals surface area contributed by atoms with Crippen molar-refractivity contribution in [2.24, 2.45) is 0 Å². The number of methoxy groups -OCH3 is 1. The number of nitrogens with zero attached hydrogens (tertiary/aromatic N) is 2. The first-order valence-corrected chi connectivity index (χ1v) is 5.02. The lowest BCUT2D eigenvalue weighted by molar-refractivity contribution is -0.120. The van der Waals surface area contributed by atoms with Gasteiger partial charge in [0.25, 0.3) is 0 Å². The second-order valence-electron chi connectivity index (χ2n) is 3.13. The lowest BCUT2D eigenvalue weighted by Gasteiger charge is -2.05. The van der Waals surface area contributed by atoms with Crippen molar-refractivity contribution in [2.75, 3.05) is 26.0 Å². The predicted octanol–water partition coefficient (Wildman–Crippen LogP) is -0.189. The van der Waals surface area contributed by atoms with Crippen LogP contribution >= 0.6 is 0 Å². The summed E-state index contributed by atoms with van der Waals surface area (Å²) < 4.78 is 4.52. The Labute approximate surface area is 98.6 Å². The van der Waals surface area contributed by atoms with Crippen LogP contribution in [0.4, 0.5) is 5.82 Å². The fraction of sp³-hybridized carbons (Fsp3) is 0.400. The van der Waals surface area contributed by atoms with E-state index in [0.29, 0.717) is 18.8 Å². The van der Waals surface area contributed by atoms with E-state index in [1.807, 2.05) is 0 Å². The van der Waals surface area contributed by atoms with E-state index in [2.05, 4.69) is 25.3 Å². The molecule has 7 heteroatoms. The van der Waals surface area contributed by atoms with Gasteiger partial charge in [0, 0.05) is 20.0 Å². The van der Waals surface area contributed by atoms with E-state index in [0.717, 1.165) is 0 Å². The molecular formula is C10H14N4O3. The second kappa shape index (κ2) is 6.41.